The average Bonchev–Trinajstić information content (AvgIpc) is 3.28. The molecule has 3 aliphatic rings. The first kappa shape index (κ1) is 33.9. The van der Waals surface area contributed by atoms with Crippen LogP contribution in [0.1, 0.15) is 41.5 Å². The molecule has 15 heteroatoms. The Balaban J connectivity index is 0.000000571. The van der Waals surface area contributed by atoms with Crippen LogP contribution in [0.4, 0.5) is 0 Å². The SMILES string of the molecule is CC1(C)OCC(C(O)C(O)C2COC(C)(C)O2)O1.CC1(C)OCC(C=O)O1.[Na+].[O-][I+3]([O-])([O-])[O-]. The van der Waals surface area contributed by atoms with E-state index in [2.05, 4.69) is 0 Å². The van der Waals surface area contributed by atoms with Crippen molar-refractivity contribution in [2.24, 2.45) is 0 Å². The first-order valence-corrected chi connectivity index (χ1v) is 13.2. The molecule has 0 saturated carbocycles. The number of hydrogen-bond donors (Lipinski definition) is 2. The summed E-state index contributed by atoms with van der Waals surface area (Å²) in [5.41, 5.74) is 0. The van der Waals surface area contributed by atoms with Crippen molar-refractivity contribution in [2.45, 2.75) is 89.4 Å². The predicted octanol–water partition coefficient (Wildman–Crippen LogP) is -10.4. The van der Waals surface area contributed by atoms with Crippen LogP contribution in [0.25, 0.3) is 0 Å². The Hall–Kier alpha value is 0.920. The fourth-order valence-electron chi connectivity index (χ4n) is 2.99. The standard InChI is InChI=1S/C12H22O6.C6H10O3.IO4.Na/c1-11(2)15-5-7(17-11)9(13)10(14)8-6-16-12(3,4)18-8;1-6(2)8-4-5(3-7)9-6;2-1(3,4)5;/h7-10,13-14H,5-6H2,1-4H3;3,5H,4H2,1-2H3;;/q;;-1;+1. The Kier molecular flexibility index (Phi) is 13.8. The quantitative estimate of drug-likeness (QED) is 0.174. The number of carbonyl (C=O) groups excluding carboxylic acids is 1. The van der Waals surface area contributed by atoms with Crippen molar-refractivity contribution >= 4 is 6.29 Å². The van der Waals surface area contributed by atoms with Gasteiger partial charge in [-0.25, -0.2) is 0 Å². The van der Waals surface area contributed by atoms with Crippen molar-refractivity contribution in [3.8, 4) is 0 Å². The van der Waals surface area contributed by atoms with Crippen LogP contribution in [0, 0.1) is 0 Å². The van der Waals surface area contributed by atoms with Gasteiger partial charge in [-0.3, -0.25) is 13.7 Å². The van der Waals surface area contributed by atoms with Crippen LogP contribution in [0.15, 0.2) is 0 Å². The Morgan fingerprint density at radius 3 is 1.24 bits per heavy atom. The zero-order chi connectivity index (χ0) is 25.0. The smallest absolute Gasteiger partial charge is 0.387 e. The van der Waals surface area contributed by atoms with Crippen molar-refractivity contribution < 1.29 is 107 Å². The van der Waals surface area contributed by atoms with Crippen molar-refractivity contribution in [1.29, 1.82) is 0 Å². The van der Waals surface area contributed by atoms with Crippen LogP contribution in [0.2, 0.25) is 0 Å². The number of halogens is 1. The predicted molar refractivity (Wildman–Crippen MR) is 92.8 cm³/mol. The number of carbonyl (C=O) groups is 1. The maximum Gasteiger partial charge on any atom is 1.00 e. The molecule has 0 radical (unpaired) electrons. The average molecular weight is 606 g/mol. The molecule has 3 rings (SSSR count). The minimum atomic E-state index is -5.94. The van der Waals surface area contributed by atoms with Crippen LogP contribution in [0.3, 0.4) is 0 Å². The molecule has 3 fully saturated rings. The van der Waals surface area contributed by atoms with E-state index in [0.717, 1.165) is 6.29 Å². The van der Waals surface area contributed by atoms with E-state index < -0.39 is 61.9 Å². The van der Waals surface area contributed by atoms with Crippen LogP contribution < -0.4 is 63.4 Å². The Labute approximate surface area is 221 Å². The van der Waals surface area contributed by atoms with Crippen molar-refractivity contribution in [1.82, 2.24) is 0 Å². The zero-order valence-corrected chi connectivity index (χ0v) is 24.0. The van der Waals surface area contributed by atoms with Gasteiger partial charge < -0.3 is 43.4 Å². The van der Waals surface area contributed by atoms with E-state index in [1.165, 1.54) is 0 Å². The van der Waals surface area contributed by atoms with Crippen LogP contribution >= 0.6 is 0 Å². The van der Waals surface area contributed by atoms with Gasteiger partial charge >= 0.3 is 29.6 Å². The summed E-state index contributed by atoms with van der Waals surface area (Å²) in [4.78, 5) is 10.1. The Bertz CT molecular complexity index is 562. The normalized spacial score (nSPS) is 31.2. The number of ether oxygens (including phenoxy) is 6. The van der Waals surface area contributed by atoms with Crippen molar-refractivity contribution in [3.05, 3.63) is 0 Å². The molecule has 0 aromatic heterocycles. The molecule has 5 unspecified atom stereocenters. The second-order valence-electron chi connectivity index (χ2n) is 8.60. The number of aliphatic hydroxyl groups is 2. The third kappa shape index (κ3) is 13.7. The minimum absolute atomic E-state index is 0. The van der Waals surface area contributed by atoms with E-state index in [1.807, 2.05) is 0 Å². The Morgan fingerprint density at radius 1 is 0.758 bits per heavy atom. The van der Waals surface area contributed by atoms with E-state index in [-0.39, 0.29) is 48.9 Å². The van der Waals surface area contributed by atoms with Gasteiger partial charge in [0.25, 0.3) is 0 Å². The Morgan fingerprint density at radius 2 is 1.06 bits per heavy atom. The van der Waals surface area contributed by atoms with Gasteiger partial charge in [0.05, 0.1) is 19.8 Å². The molecule has 13 nitrogen and oxygen atoms in total. The first-order chi connectivity index (χ1) is 14.3. The van der Waals surface area contributed by atoms with Crippen LogP contribution in [-0.2, 0) is 33.2 Å². The number of rotatable bonds is 4. The van der Waals surface area contributed by atoms with Gasteiger partial charge in [0, 0.05) is 0 Å². The van der Waals surface area contributed by atoms with Gasteiger partial charge in [0.2, 0.25) is 0 Å². The van der Waals surface area contributed by atoms with E-state index >= 15 is 0 Å². The summed E-state index contributed by atoms with van der Waals surface area (Å²) < 4.78 is 66.4. The number of aliphatic hydroxyl groups excluding tert-OH is 2. The van der Waals surface area contributed by atoms with Crippen LogP contribution in [0.5, 0.6) is 0 Å². The third-order valence-electron chi connectivity index (χ3n) is 4.35. The zero-order valence-electron chi connectivity index (χ0n) is 19.8. The van der Waals surface area contributed by atoms with Gasteiger partial charge in [-0.2, -0.15) is 0 Å². The maximum absolute atomic E-state index is 10.1. The summed E-state index contributed by atoms with van der Waals surface area (Å²) in [6, 6.07) is 0. The molecular formula is C18H32INaO13. The molecule has 3 saturated heterocycles. The van der Waals surface area contributed by atoms with Crippen LogP contribution in [-0.4, -0.2) is 84.2 Å². The van der Waals surface area contributed by atoms with Gasteiger partial charge in [-0.15, -0.1) is 0 Å². The van der Waals surface area contributed by atoms with E-state index in [1.54, 1.807) is 41.5 Å². The first-order valence-electron chi connectivity index (χ1n) is 9.73. The van der Waals surface area contributed by atoms with E-state index in [0.29, 0.717) is 6.61 Å². The molecule has 3 aliphatic heterocycles. The molecule has 190 valence electrons. The second-order valence-corrected chi connectivity index (χ2v) is 10.8. The van der Waals surface area contributed by atoms with Gasteiger partial charge in [-0.1, -0.05) is 0 Å². The summed E-state index contributed by atoms with van der Waals surface area (Å²) in [5.74, 6) is -2.01. The molecule has 0 aliphatic carbocycles. The molecule has 0 aromatic rings. The second kappa shape index (κ2) is 13.5. The molecule has 0 aromatic carbocycles. The minimum Gasteiger partial charge on any atom is -0.387 e. The third-order valence-corrected chi connectivity index (χ3v) is 4.35. The summed E-state index contributed by atoms with van der Waals surface area (Å²) in [6.07, 6.45) is -2.83. The molecular weight excluding hydrogens is 574 g/mol. The van der Waals surface area contributed by atoms with E-state index in [9.17, 15) is 15.0 Å². The van der Waals surface area contributed by atoms with Gasteiger partial charge in [0.15, 0.2) is 23.6 Å². The fourth-order valence-corrected chi connectivity index (χ4v) is 2.99. The van der Waals surface area contributed by atoms with Gasteiger partial charge in [-0.05, 0) is 41.5 Å². The topological polar surface area (TPSA) is 205 Å². The molecule has 2 N–H and O–H groups in total. The summed E-state index contributed by atoms with van der Waals surface area (Å²) in [5, 5.41) is 20.2. The largest absolute Gasteiger partial charge is 1.00 e. The molecule has 0 spiro atoms. The molecule has 0 bridgehead atoms. The van der Waals surface area contributed by atoms with Crippen molar-refractivity contribution in [3.63, 3.8) is 0 Å². The number of hydrogen-bond acceptors (Lipinski definition) is 13. The fraction of sp³-hybridized carbons (Fsp3) is 0.944. The maximum atomic E-state index is 10.1. The van der Waals surface area contributed by atoms with E-state index in [4.69, 9.17) is 42.2 Å². The van der Waals surface area contributed by atoms with Gasteiger partial charge in [0.1, 0.15) is 50.6 Å². The number of aldehydes is 1. The monoisotopic (exact) mass is 606 g/mol. The summed E-state index contributed by atoms with van der Waals surface area (Å²) >= 11 is -5.94. The molecule has 33 heavy (non-hydrogen) atoms. The summed E-state index contributed by atoms with van der Waals surface area (Å²) in [6.45, 7) is 11.5. The molecule has 0 amide bonds. The van der Waals surface area contributed by atoms with Crippen molar-refractivity contribution in [2.75, 3.05) is 19.8 Å². The summed E-state index contributed by atoms with van der Waals surface area (Å²) in [7, 11) is 0. The molecule has 3 heterocycles. The molecule has 5 atom stereocenters.